The summed E-state index contributed by atoms with van der Waals surface area (Å²) in [6, 6.07) is 7.74. The van der Waals surface area contributed by atoms with Gasteiger partial charge in [0.25, 0.3) is 0 Å². The van der Waals surface area contributed by atoms with Gasteiger partial charge in [0.15, 0.2) is 0 Å². The van der Waals surface area contributed by atoms with Gasteiger partial charge in [-0.3, -0.25) is 0 Å². The second-order valence-corrected chi connectivity index (χ2v) is 3.85. The first-order valence-corrected chi connectivity index (χ1v) is 5.35. The molecule has 1 rings (SSSR count). The molecule has 1 aromatic rings. The van der Waals surface area contributed by atoms with E-state index in [2.05, 4.69) is 6.07 Å². The van der Waals surface area contributed by atoms with Crippen molar-refractivity contribution in [2.45, 2.75) is 32.8 Å². The van der Waals surface area contributed by atoms with Crippen molar-refractivity contribution in [2.24, 2.45) is 0 Å². The third-order valence-corrected chi connectivity index (χ3v) is 2.47. The molecule has 0 radical (unpaired) electrons. The van der Waals surface area contributed by atoms with E-state index in [1.165, 1.54) is 0 Å². The zero-order chi connectivity index (χ0) is 11.3. The highest BCUT2D eigenvalue weighted by Crippen LogP contribution is 2.27. The van der Waals surface area contributed by atoms with Crippen molar-refractivity contribution in [1.82, 2.24) is 0 Å². The summed E-state index contributed by atoms with van der Waals surface area (Å²) >= 11 is 5.99. The quantitative estimate of drug-likeness (QED) is 0.780. The predicted molar refractivity (Wildman–Crippen MR) is 61.1 cm³/mol. The van der Waals surface area contributed by atoms with Gasteiger partial charge >= 0.3 is 0 Å². The van der Waals surface area contributed by atoms with Gasteiger partial charge in [0, 0.05) is 0 Å². The highest BCUT2D eigenvalue weighted by molar-refractivity contribution is 6.32. The average Bonchev–Trinajstić information content (AvgIpc) is 2.22. The van der Waals surface area contributed by atoms with Gasteiger partial charge < -0.3 is 4.74 Å². The van der Waals surface area contributed by atoms with E-state index in [-0.39, 0.29) is 6.10 Å². The molecule has 0 saturated carbocycles. The lowest BCUT2D eigenvalue weighted by Crippen LogP contribution is -2.14. The summed E-state index contributed by atoms with van der Waals surface area (Å²) < 4.78 is 5.66. The topological polar surface area (TPSA) is 33.0 Å². The van der Waals surface area contributed by atoms with E-state index in [0.717, 1.165) is 12.0 Å². The third-order valence-electron chi connectivity index (χ3n) is 2.15. The van der Waals surface area contributed by atoms with Crippen LogP contribution in [-0.2, 0) is 0 Å². The molecule has 1 atom stereocenters. The fourth-order valence-corrected chi connectivity index (χ4v) is 1.41. The molecule has 0 saturated heterocycles. The summed E-state index contributed by atoms with van der Waals surface area (Å²) in [5.41, 5.74) is 1.10. The monoisotopic (exact) mass is 223 g/mol. The molecule has 0 aliphatic carbocycles. The lowest BCUT2D eigenvalue weighted by Gasteiger charge is -2.15. The van der Waals surface area contributed by atoms with E-state index < -0.39 is 0 Å². The Kier molecular flexibility index (Phi) is 4.45. The Morgan fingerprint density at radius 2 is 2.27 bits per heavy atom. The smallest absolute Gasteiger partial charge is 0.138 e. The van der Waals surface area contributed by atoms with Crippen LogP contribution in [0.5, 0.6) is 5.75 Å². The van der Waals surface area contributed by atoms with Crippen molar-refractivity contribution >= 4 is 11.6 Å². The Bertz CT molecular complexity index is 370. The lowest BCUT2D eigenvalue weighted by atomic mass is 10.2. The molecular formula is C12H14ClNO. The van der Waals surface area contributed by atoms with Gasteiger partial charge in [-0.25, -0.2) is 0 Å². The van der Waals surface area contributed by atoms with Gasteiger partial charge in [0.05, 0.1) is 17.5 Å². The van der Waals surface area contributed by atoms with Gasteiger partial charge in [-0.05, 0) is 31.0 Å². The minimum absolute atomic E-state index is 0.0747. The van der Waals surface area contributed by atoms with Crippen LogP contribution in [0.4, 0.5) is 0 Å². The summed E-state index contributed by atoms with van der Waals surface area (Å²) in [5, 5.41) is 9.20. The van der Waals surface area contributed by atoms with E-state index in [0.29, 0.717) is 17.2 Å². The Labute approximate surface area is 95.4 Å². The van der Waals surface area contributed by atoms with Gasteiger partial charge in [0.2, 0.25) is 0 Å². The Hall–Kier alpha value is -1.20. The van der Waals surface area contributed by atoms with E-state index in [9.17, 15) is 0 Å². The lowest BCUT2D eigenvalue weighted by molar-refractivity contribution is 0.202. The molecule has 0 bridgehead atoms. The minimum Gasteiger partial charge on any atom is -0.488 e. The van der Waals surface area contributed by atoms with Crippen LogP contribution in [0.3, 0.4) is 0 Å². The molecule has 0 aliphatic heterocycles. The van der Waals surface area contributed by atoms with Crippen molar-refractivity contribution in [2.75, 3.05) is 0 Å². The van der Waals surface area contributed by atoms with Crippen molar-refractivity contribution < 1.29 is 4.74 Å². The van der Waals surface area contributed by atoms with Crippen molar-refractivity contribution in [3.05, 3.63) is 28.8 Å². The number of halogens is 1. The maximum atomic E-state index is 8.61. The molecular weight excluding hydrogens is 210 g/mol. The molecule has 15 heavy (non-hydrogen) atoms. The molecule has 2 nitrogen and oxygen atoms in total. The highest BCUT2D eigenvalue weighted by Gasteiger charge is 2.10. The maximum Gasteiger partial charge on any atom is 0.138 e. The molecule has 0 heterocycles. The fourth-order valence-electron chi connectivity index (χ4n) is 1.25. The first kappa shape index (κ1) is 11.9. The molecule has 0 N–H and O–H groups in total. The van der Waals surface area contributed by atoms with E-state index >= 15 is 0 Å². The second-order valence-electron chi connectivity index (χ2n) is 3.44. The molecule has 3 heteroatoms. The summed E-state index contributed by atoms with van der Waals surface area (Å²) in [6.07, 6.45) is 1.12. The minimum atomic E-state index is -0.0747. The summed E-state index contributed by atoms with van der Waals surface area (Å²) in [7, 11) is 0. The van der Waals surface area contributed by atoms with Gasteiger partial charge in [0.1, 0.15) is 11.9 Å². The fraction of sp³-hybridized carbons (Fsp3) is 0.417. The Balaban J connectivity index is 2.78. The zero-order valence-electron chi connectivity index (χ0n) is 8.96. The first-order valence-electron chi connectivity index (χ1n) is 4.97. The predicted octanol–water partition coefficient (Wildman–Crippen LogP) is 3.72. The van der Waals surface area contributed by atoms with E-state index in [1.54, 1.807) is 0 Å². The SMILES string of the molecule is CCC(CC#N)Oc1cc(C)ccc1Cl. The second kappa shape index (κ2) is 5.63. The van der Waals surface area contributed by atoms with Crippen LogP contribution in [0, 0.1) is 18.3 Å². The number of hydrogen-bond donors (Lipinski definition) is 0. The normalized spacial score (nSPS) is 11.9. The molecule has 0 fully saturated rings. The molecule has 0 aromatic heterocycles. The van der Waals surface area contributed by atoms with Crippen LogP contribution in [0.1, 0.15) is 25.3 Å². The number of hydrogen-bond acceptors (Lipinski definition) is 2. The zero-order valence-corrected chi connectivity index (χ0v) is 9.71. The average molecular weight is 224 g/mol. The maximum absolute atomic E-state index is 8.61. The Morgan fingerprint density at radius 3 is 2.87 bits per heavy atom. The number of ether oxygens (including phenoxy) is 1. The number of nitrogens with zero attached hydrogens (tertiary/aromatic N) is 1. The van der Waals surface area contributed by atoms with Crippen LogP contribution in [-0.4, -0.2) is 6.10 Å². The number of rotatable bonds is 4. The van der Waals surface area contributed by atoms with Gasteiger partial charge in [-0.1, -0.05) is 24.6 Å². The first-order chi connectivity index (χ1) is 7.17. The van der Waals surface area contributed by atoms with E-state index in [1.807, 2.05) is 32.0 Å². The van der Waals surface area contributed by atoms with Crippen molar-refractivity contribution in [3.8, 4) is 11.8 Å². The van der Waals surface area contributed by atoms with Crippen LogP contribution >= 0.6 is 11.6 Å². The number of aryl methyl sites for hydroxylation is 1. The van der Waals surface area contributed by atoms with Crippen LogP contribution in [0.2, 0.25) is 5.02 Å². The van der Waals surface area contributed by atoms with Crippen LogP contribution in [0.25, 0.3) is 0 Å². The van der Waals surface area contributed by atoms with Crippen LogP contribution < -0.4 is 4.74 Å². The van der Waals surface area contributed by atoms with Crippen LogP contribution in [0.15, 0.2) is 18.2 Å². The summed E-state index contributed by atoms with van der Waals surface area (Å²) in [6.45, 7) is 3.97. The molecule has 0 spiro atoms. The highest BCUT2D eigenvalue weighted by atomic mass is 35.5. The van der Waals surface area contributed by atoms with Crippen molar-refractivity contribution in [3.63, 3.8) is 0 Å². The number of nitriles is 1. The van der Waals surface area contributed by atoms with Gasteiger partial charge in [-0.15, -0.1) is 0 Å². The molecule has 80 valence electrons. The van der Waals surface area contributed by atoms with Crippen molar-refractivity contribution in [1.29, 1.82) is 5.26 Å². The van der Waals surface area contributed by atoms with E-state index in [4.69, 9.17) is 21.6 Å². The largest absolute Gasteiger partial charge is 0.488 e. The van der Waals surface area contributed by atoms with Gasteiger partial charge in [-0.2, -0.15) is 5.26 Å². The standard InChI is InChI=1S/C12H14ClNO/c1-3-10(6-7-14)15-12-8-9(2)4-5-11(12)13/h4-5,8,10H,3,6H2,1-2H3. The molecule has 0 amide bonds. The molecule has 1 aromatic carbocycles. The summed E-state index contributed by atoms with van der Waals surface area (Å²) in [4.78, 5) is 0. The molecule has 0 aliphatic rings. The molecule has 1 unspecified atom stereocenters. The Morgan fingerprint density at radius 1 is 1.53 bits per heavy atom. The summed E-state index contributed by atoms with van der Waals surface area (Å²) in [5.74, 6) is 0.666. The third kappa shape index (κ3) is 3.45. The number of benzene rings is 1.